The van der Waals surface area contributed by atoms with Gasteiger partial charge in [0.1, 0.15) is 0 Å². The van der Waals surface area contributed by atoms with E-state index in [0.717, 1.165) is 12.3 Å². The zero-order valence-electron chi connectivity index (χ0n) is 12.4. The van der Waals surface area contributed by atoms with Gasteiger partial charge >= 0.3 is 5.97 Å². The molecule has 0 bridgehead atoms. The van der Waals surface area contributed by atoms with E-state index in [1.165, 1.54) is 0 Å². The molecule has 1 aromatic rings. The Morgan fingerprint density at radius 1 is 1.40 bits per heavy atom. The minimum atomic E-state index is -0.398. The minimum Gasteiger partial charge on any atom is -0.462 e. The van der Waals surface area contributed by atoms with E-state index in [9.17, 15) is 4.79 Å². The number of anilines is 2. The number of benzene rings is 1. The molecule has 0 aromatic heterocycles. The first kappa shape index (κ1) is 16.3. The third-order valence-electron chi connectivity index (χ3n) is 2.61. The van der Waals surface area contributed by atoms with Crippen LogP contribution in [0.25, 0.3) is 0 Å². The molecule has 1 aromatic carbocycles. The maximum Gasteiger partial charge on any atom is 0.340 e. The maximum absolute atomic E-state index is 11.7. The molecule has 0 amide bonds. The number of para-hydroxylation sites is 1. The van der Waals surface area contributed by atoms with Gasteiger partial charge in [-0.2, -0.15) is 0 Å². The first-order valence-corrected chi connectivity index (χ1v) is 6.93. The van der Waals surface area contributed by atoms with Crippen LogP contribution in [0.5, 0.6) is 0 Å². The first-order valence-electron chi connectivity index (χ1n) is 6.93. The Kier molecular flexibility index (Phi) is 6.87. The second-order valence-electron chi connectivity index (χ2n) is 4.88. The zero-order chi connectivity index (χ0) is 15.0. The lowest BCUT2D eigenvalue weighted by molar-refractivity contribution is 0.0527. The second kappa shape index (κ2) is 8.43. The van der Waals surface area contributed by atoms with Gasteiger partial charge in [0.25, 0.3) is 0 Å². The molecule has 112 valence electrons. The number of nitrogens with one attached hydrogen (secondary N) is 1. The van der Waals surface area contributed by atoms with Crippen molar-refractivity contribution >= 4 is 17.3 Å². The lowest BCUT2D eigenvalue weighted by Crippen LogP contribution is -2.14. The third-order valence-corrected chi connectivity index (χ3v) is 2.61. The molecule has 0 aliphatic rings. The molecule has 20 heavy (non-hydrogen) atoms. The van der Waals surface area contributed by atoms with E-state index in [-0.39, 0.29) is 0 Å². The smallest absolute Gasteiger partial charge is 0.340 e. The van der Waals surface area contributed by atoms with Crippen LogP contribution in [0.15, 0.2) is 18.2 Å². The van der Waals surface area contributed by atoms with E-state index in [0.29, 0.717) is 36.9 Å². The average molecular weight is 280 g/mol. The van der Waals surface area contributed by atoms with Gasteiger partial charge in [0, 0.05) is 13.2 Å². The van der Waals surface area contributed by atoms with Crippen LogP contribution in [0, 0.1) is 5.92 Å². The molecule has 5 heteroatoms. The number of ether oxygens (including phenoxy) is 2. The molecule has 0 fully saturated rings. The van der Waals surface area contributed by atoms with Gasteiger partial charge in [-0.25, -0.2) is 4.79 Å². The summed E-state index contributed by atoms with van der Waals surface area (Å²) < 4.78 is 10.4. The molecule has 0 saturated heterocycles. The lowest BCUT2D eigenvalue weighted by Gasteiger charge is -2.13. The van der Waals surface area contributed by atoms with Gasteiger partial charge in [0.2, 0.25) is 0 Å². The molecule has 0 aliphatic heterocycles. The van der Waals surface area contributed by atoms with Crippen molar-refractivity contribution in [2.24, 2.45) is 5.92 Å². The summed E-state index contributed by atoms with van der Waals surface area (Å²) in [6.45, 7) is 8.29. The van der Waals surface area contributed by atoms with Crippen molar-refractivity contribution in [2.45, 2.75) is 20.8 Å². The summed E-state index contributed by atoms with van der Waals surface area (Å²) in [6, 6.07) is 5.27. The summed E-state index contributed by atoms with van der Waals surface area (Å²) >= 11 is 0. The van der Waals surface area contributed by atoms with Gasteiger partial charge in [0.05, 0.1) is 30.2 Å². The topological polar surface area (TPSA) is 73.6 Å². The van der Waals surface area contributed by atoms with E-state index in [1.54, 1.807) is 19.1 Å². The number of carbonyl (C=O) groups is 1. The van der Waals surface area contributed by atoms with Crippen molar-refractivity contribution in [3.05, 3.63) is 23.8 Å². The predicted octanol–water partition coefficient (Wildman–Crippen LogP) is 2.53. The third kappa shape index (κ3) is 5.09. The van der Waals surface area contributed by atoms with E-state index in [1.807, 2.05) is 6.07 Å². The molecule has 0 saturated carbocycles. The molecular formula is C15H24N2O3. The average Bonchev–Trinajstić information content (AvgIpc) is 2.40. The number of rotatable bonds is 8. The first-order chi connectivity index (χ1) is 9.56. The molecular weight excluding hydrogens is 256 g/mol. The number of hydrogen-bond acceptors (Lipinski definition) is 5. The van der Waals surface area contributed by atoms with Crippen LogP contribution in [0.1, 0.15) is 31.1 Å². The largest absolute Gasteiger partial charge is 0.462 e. The quantitative estimate of drug-likeness (QED) is 0.435. The van der Waals surface area contributed by atoms with Crippen LogP contribution in [0.4, 0.5) is 11.4 Å². The maximum atomic E-state index is 11.7. The Bertz CT molecular complexity index is 433. The van der Waals surface area contributed by atoms with Gasteiger partial charge in [-0.1, -0.05) is 19.9 Å². The number of hydrogen-bond donors (Lipinski definition) is 2. The summed E-state index contributed by atoms with van der Waals surface area (Å²) in [5, 5.41) is 3.17. The molecule has 0 atom stereocenters. The van der Waals surface area contributed by atoms with Gasteiger partial charge in [-0.3, -0.25) is 0 Å². The highest BCUT2D eigenvalue weighted by Gasteiger charge is 2.12. The molecule has 0 heterocycles. The minimum absolute atomic E-state index is 0.332. The molecule has 3 N–H and O–H groups in total. The zero-order valence-corrected chi connectivity index (χ0v) is 12.4. The van der Waals surface area contributed by atoms with Crippen molar-refractivity contribution in [1.82, 2.24) is 0 Å². The Labute approximate surface area is 120 Å². The highest BCUT2D eigenvalue weighted by molar-refractivity contribution is 5.98. The van der Waals surface area contributed by atoms with Crippen LogP contribution < -0.4 is 11.1 Å². The van der Waals surface area contributed by atoms with Crippen molar-refractivity contribution in [1.29, 1.82) is 0 Å². The van der Waals surface area contributed by atoms with E-state index in [4.69, 9.17) is 15.2 Å². The van der Waals surface area contributed by atoms with Gasteiger partial charge in [-0.05, 0) is 25.0 Å². The molecule has 5 nitrogen and oxygen atoms in total. The van der Waals surface area contributed by atoms with Crippen LogP contribution >= 0.6 is 0 Å². The Balaban J connectivity index is 2.54. The fraction of sp³-hybridized carbons (Fsp3) is 0.533. The monoisotopic (exact) mass is 280 g/mol. The second-order valence-corrected chi connectivity index (χ2v) is 4.88. The van der Waals surface area contributed by atoms with Crippen LogP contribution in [0.2, 0.25) is 0 Å². The van der Waals surface area contributed by atoms with Gasteiger partial charge in [-0.15, -0.1) is 0 Å². The summed E-state index contributed by atoms with van der Waals surface area (Å²) in [5.74, 6) is 0.122. The lowest BCUT2D eigenvalue weighted by atomic mass is 10.1. The fourth-order valence-corrected chi connectivity index (χ4v) is 1.68. The van der Waals surface area contributed by atoms with E-state index < -0.39 is 5.97 Å². The summed E-state index contributed by atoms with van der Waals surface area (Å²) in [5.41, 5.74) is 7.50. The van der Waals surface area contributed by atoms with Crippen molar-refractivity contribution in [3.63, 3.8) is 0 Å². The van der Waals surface area contributed by atoms with Crippen molar-refractivity contribution < 1.29 is 14.3 Å². The number of esters is 1. The Morgan fingerprint density at radius 2 is 2.15 bits per heavy atom. The Morgan fingerprint density at radius 3 is 2.80 bits per heavy atom. The molecule has 0 radical (unpaired) electrons. The number of nitrogens with two attached hydrogens (primary N) is 1. The molecule has 1 rings (SSSR count). The highest BCUT2D eigenvalue weighted by atomic mass is 16.5. The van der Waals surface area contributed by atoms with Gasteiger partial charge in [0.15, 0.2) is 0 Å². The number of nitrogen functional groups attached to an aromatic ring is 1. The van der Waals surface area contributed by atoms with E-state index in [2.05, 4.69) is 19.2 Å². The standard InChI is InChI=1S/C15H24N2O3/c1-4-20-15(18)12-6-5-7-13(14(12)16)17-8-9-19-10-11(2)3/h5-7,11,17H,4,8-10,16H2,1-3H3. The normalized spacial score (nSPS) is 10.6. The Hall–Kier alpha value is -1.75. The van der Waals surface area contributed by atoms with Gasteiger partial charge < -0.3 is 20.5 Å². The van der Waals surface area contributed by atoms with Crippen LogP contribution in [0.3, 0.4) is 0 Å². The highest BCUT2D eigenvalue weighted by Crippen LogP contribution is 2.23. The van der Waals surface area contributed by atoms with Crippen molar-refractivity contribution in [3.8, 4) is 0 Å². The summed E-state index contributed by atoms with van der Waals surface area (Å²) in [7, 11) is 0. The van der Waals surface area contributed by atoms with E-state index >= 15 is 0 Å². The molecule has 0 spiro atoms. The molecule has 0 unspecified atom stereocenters. The number of carbonyl (C=O) groups excluding carboxylic acids is 1. The van der Waals surface area contributed by atoms with Crippen molar-refractivity contribution in [2.75, 3.05) is 37.4 Å². The SMILES string of the molecule is CCOC(=O)c1cccc(NCCOCC(C)C)c1N. The summed E-state index contributed by atoms with van der Waals surface area (Å²) in [4.78, 5) is 11.7. The summed E-state index contributed by atoms with van der Waals surface area (Å²) in [6.07, 6.45) is 0. The van der Waals surface area contributed by atoms with Crippen LogP contribution in [-0.4, -0.2) is 32.3 Å². The predicted molar refractivity (Wildman–Crippen MR) is 81.0 cm³/mol. The molecule has 0 aliphatic carbocycles. The fourth-order valence-electron chi connectivity index (χ4n) is 1.68. The van der Waals surface area contributed by atoms with Crippen LogP contribution in [-0.2, 0) is 9.47 Å².